The van der Waals surface area contributed by atoms with Crippen LogP contribution in [0.5, 0.6) is 5.75 Å². The number of fused-ring (bicyclic) bond motifs is 1. The second-order valence-electron chi connectivity index (χ2n) is 7.32. The van der Waals surface area contributed by atoms with Gasteiger partial charge >= 0.3 is 0 Å². The van der Waals surface area contributed by atoms with Gasteiger partial charge in [-0.05, 0) is 36.8 Å². The van der Waals surface area contributed by atoms with Gasteiger partial charge in [-0.2, -0.15) is 5.26 Å². The van der Waals surface area contributed by atoms with Crippen LogP contribution in [-0.4, -0.2) is 28.7 Å². The maximum atomic E-state index is 12.7. The number of hydrogen-bond acceptors (Lipinski definition) is 5. The van der Waals surface area contributed by atoms with Crippen molar-refractivity contribution in [3.8, 4) is 11.8 Å². The van der Waals surface area contributed by atoms with Gasteiger partial charge in [0.1, 0.15) is 34.2 Å². The van der Waals surface area contributed by atoms with E-state index in [4.69, 9.17) is 16.3 Å². The van der Waals surface area contributed by atoms with E-state index in [1.165, 1.54) is 4.57 Å². The van der Waals surface area contributed by atoms with Crippen LogP contribution in [-0.2, 0) is 7.05 Å². The maximum Gasteiger partial charge on any atom is 0.270 e. The number of rotatable bonds is 3. The van der Waals surface area contributed by atoms with E-state index in [0.717, 1.165) is 24.2 Å². The largest absolute Gasteiger partial charge is 0.490 e. The molecule has 1 aliphatic rings. The third-order valence-corrected chi connectivity index (χ3v) is 5.55. The van der Waals surface area contributed by atoms with Gasteiger partial charge in [-0.3, -0.25) is 4.79 Å². The van der Waals surface area contributed by atoms with E-state index < -0.39 is 0 Å². The molecule has 1 fully saturated rings. The Morgan fingerprint density at radius 3 is 2.69 bits per heavy atom. The number of nitrogens with zero attached hydrogens (tertiary/aromatic N) is 4. The van der Waals surface area contributed by atoms with Gasteiger partial charge in [0, 0.05) is 33.0 Å². The monoisotopic (exact) mass is 408 g/mol. The molecule has 1 aromatic carbocycles. The molecular weight excluding hydrogens is 388 g/mol. The van der Waals surface area contributed by atoms with E-state index in [2.05, 4.69) is 16.0 Å². The van der Waals surface area contributed by atoms with E-state index in [9.17, 15) is 10.1 Å². The van der Waals surface area contributed by atoms with Gasteiger partial charge in [0.25, 0.3) is 5.56 Å². The van der Waals surface area contributed by atoms with Crippen LogP contribution in [0.25, 0.3) is 11.0 Å². The van der Waals surface area contributed by atoms with Gasteiger partial charge in [-0.25, -0.2) is 4.98 Å². The van der Waals surface area contributed by atoms with Gasteiger partial charge in [0.05, 0.1) is 11.2 Å². The minimum absolute atomic E-state index is 0.0907. The summed E-state index contributed by atoms with van der Waals surface area (Å²) in [6, 6.07) is 13.5. The second-order valence-corrected chi connectivity index (χ2v) is 7.71. The van der Waals surface area contributed by atoms with Crippen molar-refractivity contribution >= 4 is 28.3 Å². The first-order valence-electron chi connectivity index (χ1n) is 9.55. The first kappa shape index (κ1) is 19.3. The Morgan fingerprint density at radius 2 is 2.00 bits per heavy atom. The van der Waals surface area contributed by atoms with Crippen molar-refractivity contribution in [2.75, 3.05) is 18.0 Å². The fourth-order valence-electron chi connectivity index (χ4n) is 3.86. The van der Waals surface area contributed by atoms with Crippen LogP contribution in [0.1, 0.15) is 24.0 Å². The smallest absolute Gasteiger partial charge is 0.270 e. The number of benzene rings is 1. The fraction of sp³-hybridized carbons (Fsp3) is 0.318. The first-order chi connectivity index (χ1) is 14.0. The molecule has 0 saturated carbocycles. The zero-order valence-corrected chi connectivity index (χ0v) is 17.1. The highest BCUT2D eigenvalue weighted by Crippen LogP contribution is 2.31. The molecule has 148 valence electrons. The summed E-state index contributed by atoms with van der Waals surface area (Å²) in [5.74, 6) is 0.869. The number of ether oxygens (including phenoxy) is 1. The molecule has 0 bridgehead atoms. The number of aromatic nitrogens is 2. The minimum Gasteiger partial charge on any atom is -0.490 e. The van der Waals surface area contributed by atoms with Gasteiger partial charge in [0.2, 0.25) is 0 Å². The Morgan fingerprint density at radius 1 is 1.24 bits per heavy atom. The number of aryl methyl sites for hydroxylation is 2. The predicted molar refractivity (Wildman–Crippen MR) is 114 cm³/mol. The number of anilines is 1. The van der Waals surface area contributed by atoms with E-state index in [1.807, 2.05) is 31.2 Å². The molecule has 0 spiro atoms. The summed E-state index contributed by atoms with van der Waals surface area (Å²) in [6.07, 6.45) is 1.67. The molecule has 0 atom stereocenters. The lowest BCUT2D eigenvalue weighted by molar-refractivity contribution is 0.171. The van der Waals surface area contributed by atoms with Crippen molar-refractivity contribution in [3.05, 3.63) is 63.0 Å². The lowest BCUT2D eigenvalue weighted by Gasteiger charge is -2.34. The average molecular weight is 409 g/mol. The van der Waals surface area contributed by atoms with Crippen molar-refractivity contribution in [3.63, 3.8) is 0 Å². The summed E-state index contributed by atoms with van der Waals surface area (Å²) in [5.41, 5.74) is 2.75. The maximum absolute atomic E-state index is 12.7. The van der Waals surface area contributed by atoms with E-state index in [-0.39, 0.29) is 17.2 Å². The summed E-state index contributed by atoms with van der Waals surface area (Å²) in [6.45, 7) is 3.38. The van der Waals surface area contributed by atoms with Gasteiger partial charge < -0.3 is 14.2 Å². The first-order valence-corrected chi connectivity index (χ1v) is 9.93. The van der Waals surface area contributed by atoms with Gasteiger partial charge in [-0.1, -0.05) is 23.7 Å². The van der Waals surface area contributed by atoms with Crippen molar-refractivity contribution in [1.29, 1.82) is 5.26 Å². The molecule has 0 amide bonds. The van der Waals surface area contributed by atoms with Crippen LogP contribution < -0.4 is 15.2 Å². The molecule has 2 aromatic heterocycles. The Hall–Kier alpha value is -3.04. The second kappa shape index (κ2) is 7.76. The molecule has 6 nitrogen and oxygen atoms in total. The molecule has 0 aliphatic carbocycles. The van der Waals surface area contributed by atoms with Crippen molar-refractivity contribution < 1.29 is 4.74 Å². The number of nitriles is 1. The highest BCUT2D eigenvalue weighted by atomic mass is 35.5. The highest BCUT2D eigenvalue weighted by Gasteiger charge is 2.27. The van der Waals surface area contributed by atoms with Crippen LogP contribution in [0, 0.1) is 18.3 Å². The molecule has 29 heavy (non-hydrogen) atoms. The standard InChI is InChI=1S/C22H21ClN4O2/c1-14-4-3-5-16(12-14)29-15-8-10-27(11-9-15)21-17(13-24)22(28)26(2)18-6-7-19(23)25-20(18)21/h3-7,12,15H,8-11H2,1-2H3. The van der Waals surface area contributed by atoms with Crippen LogP contribution in [0.4, 0.5) is 5.69 Å². The lowest BCUT2D eigenvalue weighted by atomic mass is 10.0. The molecular formula is C22H21ClN4O2. The molecule has 1 aliphatic heterocycles. The molecule has 3 aromatic rings. The molecule has 7 heteroatoms. The van der Waals surface area contributed by atoms with Crippen LogP contribution in [0.3, 0.4) is 0 Å². The van der Waals surface area contributed by atoms with E-state index >= 15 is 0 Å². The summed E-state index contributed by atoms with van der Waals surface area (Å²) in [7, 11) is 1.65. The quantitative estimate of drug-likeness (QED) is 0.616. The van der Waals surface area contributed by atoms with Gasteiger partial charge in [-0.15, -0.1) is 0 Å². The van der Waals surface area contributed by atoms with Crippen molar-refractivity contribution in [2.45, 2.75) is 25.9 Å². The summed E-state index contributed by atoms with van der Waals surface area (Å²) >= 11 is 6.12. The molecule has 1 saturated heterocycles. The van der Waals surface area contributed by atoms with Crippen LogP contribution in [0.15, 0.2) is 41.2 Å². The number of piperidine rings is 1. The molecule has 3 heterocycles. The Labute approximate surface area is 173 Å². The molecule has 0 unspecified atom stereocenters. The highest BCUT2D eigenvalue weighted by molar-refractivity contribution is 6.29. The van der Waals surface area contributed by atoms with E-state index in [0.29, 0.717) is 35.0 Å². The number of hydrogen-bond donors (Lipinski definition) is 0. The number of halogens is 1. The normalized spacial score (nSPS) is 14.8. The van der Waals surface area contributed by atoms with Gasteiger partial charge in [0.15, 0.2) is 0 Å². The summed E-state index contributed by atoms with van der Waals surface area (Å²) < 4.78 is 7.58. The third kappa shape index (κ3) is 3.66. The lowest BCUT2D eigenvalue weighted by Crippen LogP contribution is -2.40. The zero-order chi connectivity index (χ0) is 20.5. The molecule has 0 radical (unpaired) electrons. The SMILES string of the molecule is Cc1cccc(OC2CCN(c3c(C#N)c(=O)n(C)c4ccc(Cl)nc34)CC2)c1. The van der Waals surface area contributed by atoms with Crippen molar-refractivity contribution in [1.82, 2.24) is 9.55 Å². The van der Waals surface area contributed by atoms with E-state index in [1.54, 1.807) is 19.2 Å². The van der Waals surface area contributed by atoms with Crippen LogP contribution >= 0.6 is 11.6 Å². The third-order valence-electron chi connectivity index (χ3n) is 5.34. The Balaban J connectivity index is 1.64. The minimum atomic E-state index is -0.322. The average Bonchev–Trinajstić information content (AvgIpc) is 2.71. The summed E-state index contributed by atoms with van der Waals surface area (Å²) in [4.78, 5) is 19.2. The van der Waals surface area contributed by atoms with Crippen molar-refractivity contribution in [2.24, 2.45) is 7.05 Å². The number of pyridine rings is 2. The Kier molecular flexibility index (Phi) is 5.16. The van der Waals surface area contributed by atoms with Crippen LogP contribution in [0.2, 0.25) is 5.15 Å². The predicted octanol–water partition coefficient (Wildman–Crippen LogP) is 3.81. The topological polar surface area (TPSA) is 71.2 Å². The molecule has 4 rings (SSSR count). The zero-order valence-electron chi connectivity index (χ0n) is 16.4. The molecule has 0 N–H and O–H groups in total. The Bertz CT molecular complexity index is 1170. The summed E-state index contributed by atoms with van der Waals surface area (Å²) in [5, 5.41) is 10.0. The fourth-order valence-corrected chi connectivity index (χ4v) is 4.00.